The maximum Gasteiger partial charge on any atom is 0.165 e. The fourth-order valence-corrected chi connectivity index (χ4v) is 2.37. The number of aromatic hydroxyl groups is 3. The molecule has 0 bridgehead atoms. The second-order valence-corrected chi connectivity index (χ2v) is 4.48. The first-order valence-corrected chi connectivity index (χ1v) is 6.45. The maximum absolute atomic E-state index is 10.1. The quantitative estimate of drug-likeness (QED) is 0.737. The van der Waals surface area contributed by atoms with Crippen molar-refractivity contribution in [1.82, 2.24) is 0 Å². The fourth-order valence-electron chi connectivity index (χ4n) is 2.37. The standard InChI is InChI=1S/C16H18O3/c1-3-10-9-13(12-7-5-6-8-14(12)17)16(19)15(18)11(10)4-2/h5-9,17-19H,3-4H2,1-2H3. The fraction of sp³-hybridized carbons (Fsp3) is 0.250. The minimum atomic E-state index is -0.171. The van der Waals surface area contributed by atoms with Crippen LogP contribution in [0.2, 0.25) is 0 Å². The van der Waals surface area contributed by atoms with Gasteiger partial charge in [-0.25, -0.2) is 0 Å². The molecule has 0 amide bonds. The van der Waals surface area contributed by atoms with Crippen molar-refractivity contribution in [3.8, 4) is 28.4 Å². The van der Waals surface area contributed by atoms with Gasteiger partial charge in [0.25, 0.3) is 0 Å². The Labute approximate surface area is 112 Å². The Bertz CT molecular complexity index is 603. The van der Waals surface area contributed by atoms with E-state index < -0.39 is 0 Å². The highest BCUT2D eigenvalue weighted by molar-refractivity contribution is 5.79. The first-order valence-electron chi connectivity index (χ1n) is 6.45. The Hall–Kier alpha value is -2.16. The summed E-state index contributed by atoms with van der Waals surface area (Å²) >= 11 is 0. The van der Waals surface area contributed by atoms with E-state index in [4.69, 9.17) is 0 Å². The zero-order chi connectivity index (χ0) is 14.0. The van der Waals surface area contributed by atoms with Gasteiger partial charge in [-0.15, -0.1) is 0 Å². The van der Waals surface area contributed by atoms with E-state index in [1.807, 2.05) is 19.9 Å². The molecule has 0 aliphatic heterocycles. The van der Waals surface area contributed by atoms with Gasteiger partial charge < -0.3 is 15.3 Å². The van der Waals surface area contributed by atoms with Crippen LogP contribution in [0.4, 0.5) is 0 Å². The number of phenolic OH excluding ortho intramolecular Hbond substituents is 3. The number of aryl methyl sites for hydroxylation is 1. The third kappa shape index (κ3) is 2.24. The summed E-state index contributed by atoms with van der Waals surface area (Å²) in [5.41, 5.74) is 2.73. The van der Waals surface area contributed by atoms with Crippen LogP contribution in [-0.2, 0) is 12.8 Å². The largest absolute Gasteiger partial charge is 0.507 e. The second-order valence-electron chi connectivity index (χ2n) is 4.48. The predicted octanol–water partition coefficient (Wildman–Crippen LogP) is 3.60. The topological polar surface area (TPSA) is 60.7 Å². The molecule has 0 fully saturated rings. The summed E-state index contributed by atoms with van der Waals surface area (Å²) in [6.07, 6.45) is 1.42. The van der Waals surface area contributed by atoms with Crippen LogP contribution in [0, 0.1) is 0 Å². The van der Waals surface area contributed by atoms with E-state index in [-0.39, 0.29) is 17.2 Å². The highest BCUT2D eigenvalue weighted by Gasteiger charge is 2.17. The highest BCUT2D eigenvalue weighted by atomic mass is 16.3. The molecule has 0 aromatic heterocycles. The van der Waals surface area contributed by atoms with Gasteiger partial charge in [0, 0.05) is 16.7 Å². The van der Waals surface area contributed by atoms with Gasteiger partial charge in [0.15, 0.2) is 11.5 Å². The highest BCUT2D eigenvalue weighted by Crippen LogP contribution is 2.43. The van der Waals surface area contributed by atoms with Gasteiger partial charge in [-0.3, -0.25) is 0 Å². The van der Waals surface area contributed by atoms with Crippen LogP contribution in [0.3, 0.4) is 0 Å². The summed E-state index contributed by atoms with van der Waals surface area (Å²) in [5.74, 6) is -0.167. The molecule has 2 aromatic rings. The molecule has 0 saturated carbocycles. The van der Waals surface area contributed by atoms with Gasteiger partial charge in [0.2, 0.25) is 0 Å². The van der Waals surface area contributed by atoms with Gasteiger partial charge >= 0.3 is 0 Å². The monoisotopic (exact) mass is 258 g/mol. The van der Waals surface area contributed by atoms with Crippen molar-refractivity contribution in [2.45, 2.75) is 26.7 Å². The molecular weight excluding hydrogens is 240 g/mol. The summed E-state index contributed by atoms with van der Waals surface area (Å²) in [6.45, 7) is 3.94. The third-order valence-electron chi connectivity index (χ3n) is 3.40. The summed E-state index contributed by atoms with van der Waals surface area (Å²) < 4.78 is 0. The minimum absolute atomic E-state index is 0.0832. The van der Waals surface area contributed by atoms with Crippen molar-refractivity contribution in [2.24, 2.45) is 0 Å². The Morgan fingerprint density at radius 3 is 2.11 bits per heavy atom. The molecular formula is C16H18O3. The number of benzene rings is 2. The Morgan fingerprint density at radius 2 is 1.53 bits per heavy atom. The molecule has 0 heterocycles. The molecule has 0 atom stereocenters. The Morgan fingerprint density at radius 1 is 0.842 bits per heavy atom. The van der Waals surface area contributed by atoms with Crippen molar-refractivity contribution in [1.29, 1.82) is 0 Å². The Balaban J connectivity index is 2.72. The molecule has 3 N–H and O–H groups in total. The number of rotatable bonds is 3. The molecule has 0 aliphatic carbocycles. The zero-order valence-corrected chi connectivity index (χ0v) is 11.1. The van der Waals surface area contributed by atoms with E-state index >= 15 is 0 Å². The average molecular weight is 258 g/mol. The maximum atomic E-state index is 10.1. The summed E-state index contributed by atoms with van der Waals surface area (Å²) in [5, 5.41) is 30.1. The van der Waals surface area contributed by atoms with Crippen molar-refractivity contribution < 1.29 is 15.3 Å². The van der Waals surface area contributed by atoms with E-state index in [1.54, 1.807) is 24.3 Å². The minimum Gasteiger partial charge on any atom is -0.507 e. The van der Waals surface area contributed by atoms with E-state index in [1.165, 1.54) is 0 Å². The third-order valence-corrected chi connectivity index (χ3v) is 3.40. The first-order chi connectivity index (χ1) is 9.10. The van der Waals surface area contributed by atoms with Crippen molar-refractivity contribution in [3.05, 3.63) is 41.5 Å². The summed E-state index contributed by atoms with van der Waals surface area (Å²) in [4.78, 5) is 0. The van der Waals surface area contributed by atoms with E-state index in [0.29, 0.717) is 17.5 Å². The van der Waals surface area contributed by atoms with Gasteiger partial charge in [0.05, 0.1) is 0 Å². The normalized spacial score (nSPS) is 10.6. The number of phenols is 3. The molecule has 3 nitrogen and oxygen atoms in total. The second kappa shape index (κ2) is 5.22. The van der Waals surface area contributed by atoms with E-state index in [9.17, 15) is 15.3 Å². The smallest absolute Gasteiger partial charge is 0.165 e. The van der Waals surface area contributed by atoms with Gasteiger partial charge in [-0.2, -0.15) is 0 Å². The molecule has 0 radical (unpaired) electrons. The first kappa shape index (κ1) is 13.3. The number of hydrogen-bond donors (Lipinski definition) is 3. The summed E-state index contributed by atoms with van der Waals surface area (Å²) in [7, 11) is 0. The molecule has 2 rings (SSSR count). The molecule has 3 heteroatoms. The molecule has 19 heavy (non-hydrogen) atoms. The Kier molecular flexibility index (Phi) is 3.65. The molecule has 0 aliphatic rings. The SMILES string of the molecule is CCc1cc(-c2ccccc2O)c(O)c(O)c1CC. The lowest BCUT2D eigenvalue weighted by Gasteiger charge is -2.15. The average Bonchev–Trinajstić information content (AvgIpc) is 2.42. The lowest BCUT2D eigenvalue weighted by molar-refractivity contribution is 0.400. The van der Waals surface area contributed by atoms with Crippen LogP contribution in [-0.4, -0.2) is 15.3 Å². The molecule has 2 aromatic carbocycles. The van der Waals surface area contributed by atoms with Gasteiger partial charge in [-0.05, 0) is 30.5 Å². The van der Waals surface area contributed by atoms with Crippen LogP contribution in [0.15, 0.2) is 30.3 Å². The van der Waals surface area contributed by atoms with Crippen LogP contribution < -0.4 is 0 Å². The molecule has 0 saturated heterocycles. The lowest BCUT2D eigenvalue weighted by atomic mass is 9.94. The zero-order valence-electron chi connectivity index (χ0n) is 11.1. The van der Waals surface area contributed by atoms with Crippen LogP contribution in [0.25, 0.3) is 11.1 Å². The summed E-state index contributed by atoms with van der Waals surface area (Å²) in [6, 6.07) is 8.62. The lowest BCUT2D eigenvalue weighted by Crippen LogP contribution is -1.94. The number of para-hydroxylation sites is 1. The predicted molar refractivity (Wildman–Crippen MR) is 75.6 cm³/mol. The van der Waals surface area contributed by atoms with Crippen LogP contribution in [0.1, 0.15) is 25.0 Å². The van der Waals surface area contributed by atoms with Gasteiger partial charge in [0.1, 0.15) is 5.75 Å². The van der Waals surface area contributed by atoms with Crippen molar-refractivity contribution in [2.75, 3.05) is 0 Å². The molecule has 0 unspecified atom stereocenters. The van der Waals surface area contributed by atoms with E-state index in [0.717, 1.165) is 17.5 Å². The van der Waals surface area contributed by atoms with Crippen LogP contribution in [0.5, 0.6) is 17.2 Å². The molecule has 100 valence electrons. The van der Waals surface area contributed by atoms with Crippen LogP contribution >= 0.6 is 0 Å². The number of hydrogen-bond acceptors (Lipinski definition) is 3. The molecule has 0 spiro atoms. The van der Waals surface area contributed by atoms with Crippen molar-refractivity contribution >= 4 is 0 Å². The van der Waals surface area contributed by atoms with Gasteiger partial charge in [-0.1, -0.05) is 32.0 Å². The van der Waals surface area contributed by atoms with Crippen molar-refractivity contribution in [3.63, 3.8) is 0 Å². The van der Waals surface area contributed by atoms with E-state index in [2.05, 4.69) is 0 Å².